The van der Waals surface area contributed by atoms with Crippen LogP contribution in [0.4, 0.5) is 5.82 Å². The van der Waals surface area contributed by atoms with Gasteiger partial charge in [0.05, 0.1) is 11.1 Å². The van der Waals surface area contributed by atoms with E-state index in [2.05, 4.69) is 38.1 Å². The number of hydrogen-bond acceptors (Lipinski definition) is 5. The summed E-state index contributed by atoms with van der Waals surface area (Å²) in [7, 11) is 0. The average Bonchev–Trinajstić information content (AvgIpc) is 3.44. The lowest BCUT2D eigenvalue weighted by atomic mass is 10.1. The van der Waals surface area contributed by atoms with Crippen LogP contribution in [0.3, 0.4) is 0 Å². The summed E-state index contributed by atoms with van der Waals surface area (Å²) < 4.78 is 0. The fourth-order valence-electron chi connectivity index (χ4n) is 4.63. The lowest BCUT2D eigenvalue weighted by Gasteiger charge is -2.26. The summed E-state index contributed by atoms with van der Waals surface area (Å²) in [5.41, 5.74) is 4.35. The number of carboxylic acid groups (broad SMARTS) is 1. The molecule has 1 saturated heterocycles. The zero-order valence-corrected chi connectivity index (χ0v) is 18.9. The first-order valence-electron chi connectivity index (χ1n) is 11.3. The molecule has 4 aromatic rings. The molecule has 0 saturated carbocycles. The third-order valence-corrected chi connectivity index (χ3v) is 6.97. The van der Waals surface area contributed by atoms with Gasteiger partial charge in [-0.15, -0.1) is 0 Å². The molecule has 1 aliphatic rings. The van der Waals surface area contributed by atoms with Crippen LogP contribution in [0, 0.1) is 0 Å². The SMILES string of the molecule is O=C(O)c1ccc2c(c1)[nH]c1cc(Cc3ccsc3)nc(NCCCN3CCCCC3)c12. The number of nitrogens with zero attached hydrogens (tertiary/aromatic N) is 2. The van der Waals surface area contributed by atoms with Gasteiger partial charge in [-0.25, -0.2) is 9.78 Å². The number of H-pyrrole nitrogens is 1. The van der Waals surface area contributed by atoms with Gasteiger partial charge in [-0.2, -0.15) is 11.3 Å². The average molecular weight is 449 g/mol. The number of likely N-dealkylation sites (tertiary alicyclic amines) is 1. The van der Waals surface area contributed by atoms with Gasteiger partial charge < -0.3 is 20.3 Å². The van der Waals surface area contributed by atoms with Crippen LogP contribution in [0.1, 0.15) is 47.3 Å². The predicted molar refractivity (Wildman–Crippen MR) is 131 cm³/mol. The predicted octanol–water partition coefficient (Wildman–Crippen LogP) is 5.35. The topological polar surface area (TPSA) is 81.2 Å². The molecule has 7 heteroatoms. The minimum absolute atomic E-state index is 0.284. The van der Waals surface area contributed by atoms with Crippen molar-refractivity contribution in [3.8, 4) is 0 Å². The van der Waals surface area contributed by atoms with Gasteiger partial charge >= 0.3 is 5.97 Å². The van der Waals surface area contributed by atoms with Gasteiger partial charge in [0.25, 0.3) is 0 Å². The molecule has 1 aliphatic heterocycles. The Hall–Kier alpha value is -2.90. The maximum Gasteiger partial charge on any atom is 0.335 e. The van der Waals surface area contributed by atoms with Crippen molar-refractivity contribution in [1.82, 2.24) is 14.9 Å². The number of rotatable bonds is 8. The van der Waals surface area contributed by atoms with E-state index in [1.807, 2.05) is 6.07 Å². The number of pyridine rings is 1. The molecule has 0 atom stereocenters. The van der Waals surface area contributed by atoms with E-state index in [9.17, 15) is 9.90 Å². The Morgan fingerprint density at radius 2 is 2.03 bits per heavy atom. The molecule has 0 aliphatic carbocycles. The number of aromatic amines is 1. The molecule has 3 aromatic heterocycles. The molecule has 0 radical (unpaired) electrons. The molecule has 3 N–H and O–H groups in total. The first kappa shape index (κ1) is 21.0. The van der Waals surface area contributed by atoms with Crippen LogP contribution in [0.25, 0.3) is 21.8 Å². The van der Waals surface area contributed by atoms with Gasteiger partial charge in [-0.1, -0.05) is 12.5 Å². The van der Waals surface area contributed by atoms with Crippen molar-refractivity contribution in [3.63, 3.8) is 0 Å². The Balaban J connectivity index is 1.44. The Morgan fingerprint density at radius 1 is 1.16 bits per heavy atom. The number of anilines is 1. The van der Waals surface area contributed by atoms with Crippen molar-refractivity contribution in [3.05, 3.63) is 57.9 Å². The maximum atomic E-state index is 11.4. The molecule has 0 spiro atoms. The van der Waals surface area contributed by atoms with Crippen LogP contribution in [0.2, 0.25) is 0 Å². The van der Waals surface area contributed by atoms with Crippen LogP contribution >= 0.6 is 11.3 Å². The molecule has 6 nitrogen and oxygen atoms in total. The second kappa shape index (κ2) is 9.30. The third-order valence-electron chi connectivity index (χ3n) is 6.24. The Bertz CT molecular complexity index is 1230. The number of nitrogens with one attached hydrogen (secondary N) is 2. The normalized spacial score (nSPS) is 14.9. The number of aromatic carboxylic acids is 1. The summed E-state index contributed by atoms with van der Waals surface area (Å²) in [5.74, 6) is -0.0430. The third kappa shape index (κ3) is 4.49. The first-order chi connectivity index (χ1) is 15.7. The van der Waals surface area contributed by atoms with Crippen LogP contribution < -0.4 is 5.32 Å². The zero-order chi connectivity index (χ0) is 21.9. The largest absolute Gasteiger partial charge is 0.478 e. The Morgan fingerprint density at radius 3 is 2.81 bits per heavy atom. The molecule has 1 fully saturated rings. The van der Waals surface area contributed by atoms with Gasteiger partial charge in [0, 0.05) is 34.9 Å². The Labute approximate surface area is 191 Å². The number of thiophene rings is 1. The highest BCUT2D eigenvalue weighted by molar-refractivity contribution is 7.07. The Kier molecular flexibility index (Phi) is 6.10. The summed E-state index contributed by atoms with van der Waals surface area (Å²) in [4.78, 5) is 22.4. The lowest BCUT2D eigenvalue weighted by molar-refractivity contribution is 0.0697. The second-order valence-corrected chi connectivity index (χ2v) is 9.35. The summed E-state index contributed by atoms with van der Waals surface area (Å²) in [6.45, 7) is 4.40. The maximum absolute atomic E-state index is 11.4. The van der Waals surface area contributed by atoms with Crippen LogP contribution in [0.15, 0.2) is 41.1 Å². The van der Waals surface area contributed by atoms with Gasteiger partial charge in [-0.05, 0) is 79.5 Å². The van der Waals surface area contributed by atoms with Crippen LogP contribution in [-0.4, -0.2) is 52.1 Å². The monoisotopic (exact) mass is 448 g/mol. The van der Waals surface area contributed by atoms with Crippen molar-refractivity contribution in [1.29, 1.82) is 0 Å². The van der Waals surface area contributed by atoms with Gasteiger partial charge in [-0.3, -0.25) is 0 Å². The summed E-state index contributed by atoms with van der Waals surface area (Å²) in [6, 6.07) is 9.48. The highest BCUT2D eigenvalue weighted by atomic mass is 32.1. The minimum Gasteiger partial charge on any atom is -0.478 e. The highest BCUT2D eigenvalue weighted by Gasteiger charge is 2.15. The first-order valence-corrected chi connectivity index (χ1v) is 12.3. The number of aromatic nitrogens is 2. The van der Waals surface area contributed by atoms with E-state index in [1.165, 1.54) is 37.9 Å². The minimum atomic E-state index is -0.919. The van der Waals surface area contributed by atoms with E-state index in [0.717, 1.165) is 59.2 Å². The number of piperidine rings is 1. The van der Waals surface area contributed by atoms with Crippen molar-refractivity contribution >= 4 is 44.9 Å². The number of carboxylic acids is 1. The van der Waals surface area contributed by atoms with Crippen molar-refractivity contribution in [2.75, 3.05) is 31.5 Å². The van der Waals surface area contributed by atoms with E-state index in [0.29, 0.717) is 0 Å². The van der Waals surface area contributed by atoms with Gasteiger partial charge in [0.2, 0.25) is 0 Å². The molecule has 5 rings (SSSR count). The summed E-state index contributed by atoms with van der Waals surface area (Å²) >= 11 is 1.69. The van der Waals surface area contributed by atoms with E-state index < -0.39 is 5.97 Å². The molecule has 1 aromatic carbocycles. The number of benzene rings is 1. The fraction of sp³-hybridized carbons (Fsp3) is 0.360. The zero-order valence-electron chi connectivity index (χ0n) is 18.1. The van der Waals surface area contributed by atoms with Crippen molar-refractivity contribution < 1.29 is 9.90 Å². The van der Waals surface area contributed by atoms with Gasteiger partial charge in [0.15, 0.2) is 0 Å². The van der Waals surface area contributed by atoms with Crippen molar-refractivity contribution in [2.24, 2.45) is 0 Å². The molecule has 0 bridgehead atoms. The highest BCUT2D eigenvalue weighted by Crippen LogP contribution is 2.32. The quantitative estimate of drug-likeness (QED) is 0.316. The van der Waals surface area contributed by atoms with Gasteiger partial charge in [0.1, 0.15) is 5.82 Å². The van der Waals surface area contributed by atoms with E-state index >= 15 is 0 Å². The number of hydrogen-bond donors (Lipinski definition) is 3. The smallest absolute Gasteiger partial charge is 0.335 e. The molecule has 4 heterocycles. The van der Waals surface area contributed by atoms with Crippen molar-refractivity contribution in [2.45, 2.75) is 32.1 Å². The van der Waals surface area contributed by atoms with Crippen LogP contribution in [0.5, 0.6) is 0 Å². The molecule has 32 heavy (non-hydrogen) atoms. The molecule has 166 valence electrons. The van der Waals surface area contributed by atoms with E-state index in [-0.39, 0.29) is 5.56 Å². The molecular formula is C25H28N4O2S. The summed E-state index contributed by atoms with van der Waals surface area (Å²) in [6.07, 6.45) is 5.83. The molecular weight excluding hydrogens is 420 g/mol. The number of carbonyl (C=O) groups is 1. The second-order valence-electron chi connectivity index (χ2n) is 8.57. The van der Waals surface area contributed by atoms with Crippen LogP contribution in [-0.2, 0) is 6.42 Å². The fourth-order valence-corrected chi connectivity index (χ4v) is 5.30. The lowest BCUT2D eigenvalue weighted by Crippen LogP contribution is -2.31. The number of fused-ring (bicyclic) bond motifs is 3. The summed E-state index contributed by atoms with van der Waals surface area (Å²) in [5, 5.41) is 19.2. The van der Waals surface area contributed by atoms with E-state index in [4.69, 9.17) is 4.98 Å². The van der Waals surface area contributed by atoms with E-state index in [1.54, 1.807) is 23.5 Å². The molecule has 0 unspecified atom stereocenters. The standard InChI is InChI=1S/C25H28N4O2S/c30-25(31)18-5-6-20-21(14-18)28-22-15-19(13-17-7-12-32-16-17)27-24(23(20)22)26-8-4-11-29-9-2-1-3-10-29/h5-7,12,14-16,28H,1-4,8-11,13H2,(H,26,27)(H,30,31). The molecule has 0 amide bonds.